The summed E-state index contributed by atoms with van der Waals surface area (Å²) in [6.07, 6.45) is 0.499. The van der Waals surface area contributed by atoms with Crippen LogP contribution in [0.4, 0.5) is 0 Å². The Bertz CT molecular complexity index is 849. The molecule has 0 fully saturated rings. The highest BCUT2D eigenvalue weighted by molar-refractivity contribution is 7.89. The molecule has 1 aromatic carbocycles. The van der Waals surface area contributed by atoms with Gasteiger partial charge in [0.2, 0.25) is 10.0 Å². The van der Waals surface area contributed by atoms with Gasteiger partial charge in [0.25, 0.3) is 0 Å². The Hall–Kier alpha value is -1.77. The maximum Gasteiger partial charge on any atom is 0.245 e. The molecule has 1 N–H and O–H groups in total. The number of benzene rings is 1. The number of hydrogen-bond acceptors (Lipinski definition) is 5. The third kappa shape index (κ3) is 4.45. The number of nitrogens with zero attached hydrogens (tertiary/aromatic N) is 2. The monoisotopic (exact) mass is 387 g/mol. The van der Waals surface area contributed by atoms with E-state index in [1.165, 1.54) is 4.68 Å². The largest absolute Gasteiger partial charge is 0.493 e. The van der Waals surface area contributed by atoms with E-state index in [1.54, 1.807) is 21.1 Å². The summed E-state index contributed by atoms with van der Waals surface area (Å²) < 4.78 is 39.6. The normalized spacial score (nSPS) is 11.6. The summed E-state index contributed by atoms with van der Waals surface area (Å²) >= 11 is 6.03. The zero-order valence-electron chi connectivity index (χ0n) is 14.7. The molecule has 0 spiro atoms. The van der Waals surface area contributed by atoms with Gasteiger partial charge in [0, 0.05) is 13.6 Å². The van der Waals surface area contributed by atoms with Crippen LogP contribution in [0.5, 0.6) is 11.5 Å². The minimum absolute atomic E-state index is 0.0148. The van der Waals surface area contributed by atoms with Crippen LogP contribution < -0.4 is 14.2 Å². The molecule has 7 nitrogen and oxygen atoms in total. The van der Waals surface area contributed by atoms with Gasteiger partial charge < -0.3 is 9.47 Å². The first-order valence-corrected chi connectivity index (χ1v) is 9.64. The molecule has 0 saturated carbocycles. The smallest absolute Gasteiger partial charge is 0.245 e. The lowest BCUT2D eigenvalue weighted by Crippen LogP contribution is -2.26. The number of nitrogens with one attached hydrogen (secondary N) is 1. The highest BCUT2D eigenvalue weighted by Crippen LogP contribution is 2.28. The van der Waals surface area contributed by atoms with Crippen molar-refractivity contribution in [3.63, 3.8) is 0 Å². The minimum atomic E-state index is -3.72. The Kier molecular flexibility index (Phi) is 6.31. The Morgan fingerprint density at radius 3 is 2.60 bits per heavy atom. The number of halogens is 1. The van der Waals surface area contributed by atoms with Crippen LogP contribution >= 0.6 is 11.6 Å². The van der Waals surface area contributed by atoms with Crippen molar-refractivity contribution in [1.82, 2.24) is 14.5 Å². The van der Waals surface area contributed by atoms with Gasteiger partial charge in [0.15, 0.2) is 11.5 Å². The van der Waals surface area contributed by atoms with E-state index in [2.05, 4.69) is 9.82 Å². The van der Waals surface area contributed by atoms with Crippen molar-refractivity contribution in [2.75, 3.05) is 20.3 Å². The fourth-order valence-electron chi connectivity index (χ4n) is 2.46. The van der Waals surface area contributed by atoms with Crippen LogP contribution in [0.2, 0.25) is 5.15 Å². The lowest BCUT2D eigenvalue weighted by atomic mass is 10.1. The zero-order chi connectivity index (χ0) is 18.6. The molecule has 0 aliphatic heterocycles. The first kappa shape index (κ1) is 19.6. The number of aromatic nitrogens is 2. The highest BCUT2D eigenvalue weighted by atomic mass is 35.5. The molecule has 0 unspecified atom stereocenters. The maximum absolute atomic E-state index is 12.4. The van der Waals surface area contributed by atoms with Gasteiger partial charge in [-0.2, -0.15) is 5.10 Å². The van der Waals surface area contributed by atoms with Crippen molar-refractivity contribution in [3.05, 3.63) is 34.6 Å². The molecule has 138 valence electrons. The van der Waals surface area contributed by atoms with Crippen LogP contribution in [0.3, 0.4) is 0 Å². The molecule has 9 heteroatoms. The third-order valence-corrected chi connectivity index (χ3v) is 5.76. The summed E-state index contributed by atoms with van der Waals surface area (Å²) in [5.74, 6) is 1.28. The Labute approximate surface area is 152 Å². The highest BCUT2D eigenvalue weighted by Gasteiger charge is 2.24. The number of hydrogen-bond donors (Lipinski definition) is 1. The number of sulfonamides is 1. The lowest BCUT2D eigenvalue weighted by molar-refractivity contribution is 0.310. The van der Waals surface area contributed by atoms with Crippen LogP contribution in [0.15, 0.2) is 23.1 Å². The molecular formula is C16H22ClN3O4S. The van der Waals surface area contributed by atoms with Gasteiger partial charge in [-0.25, -0.2) is 13.1 Å². The molecule has 0 saturated heterocycles. The van der Waals surface area contributed by atoms with E-state index < -0.39 is 10.0 Å². The quantitative estimate of drug-likeness (QED) is 0.751. The van der Waals surface area contributed by atoms with Gasteiger partial charge in [-0.3, -0.25) is 4.68 Å². The first-order valence-electron chi connectivity index (χ1n) is 7.78. The third-order valence-electron chi connectivity index (χ3n) is 3.60. The van der Waals surface area contributed by atoms with Gasteiger partial charge >= 0.3 is 0 Å². The van der Waals surface area contributed by atoms with Crippen molar-refractivity contribution < 1.29 is 17.9 Å². The number of ether oxygens (including phenoxy) is 2. The Morgan fingerprint density at radius 1 is 1.32 bits per heavy atom. The molecule has 0 atom stereocenters. The van der Waals surface area contributed by atoms with Crippen LogP contribution in [0.25, 0.3) is 0 Å². The predicted octanol–water partition coefficient (Wildman–Crippen LogP) is 2.31. The van der Waals surface area contributed by atoms with Crippen LogP contribution in [0.1, 0.15) is 18.2 Å². The molecule has 0 aliphatic rings. The van der Waals surface area contributed by atoms with Crippen molar-refractivity contribution >= 4 is 21.6 Å². The predicted molar refractivity (Wildman–Crippen MR) is 96.0 cm³/mol. The fraction of sp³-hybridized carbons (Fsp3) is 0.438. The molecule has 0 radical (unpaired) electrons. The molecule has 0 amide bonds. The number of rotatable bonds is 8. The molecule has 1 heterocycles. The van der Waals surface area contributed by atoms with E-state index in [4.69, 9.17) is 21.1 Å². The van der Waals surface area contributed by atoms with E-state index in [-0.39, 0.29) is 16.6 Å². The van der Waals surface area contributed by atoms with Crippen LogP contribution in [-0.2, 0) is 23.5 Å². The van der Waals surface area contributed by atoms with Crippen molar-refractivity contribution in [1.29, 1.82) is 0 Å². The fourth-order valence-corrected chi connectivity index (χ4v) is 4.24. The van der Waals surface area contributed by atoms with Crippen LogP contribution in [-0.4, -0.2) is 38.5 Å². The molecule has 2 aromatic rings. The van der Waals surface area contributed by atoms with E-state index in [0.717, 1.165) is 5.56 Å². The summed E-state index contributed by atoms with van der Waals surface area (Å²) in [5.41, 5.74) is 1.29. The van der Waals surface area contributed by atoms with E-state index >= 15 is 0 Å². The second-order valence-corrected chi connectivity index (χ2v) is 7.46. The maximum atomic E-state index is 12.4. The van der Waals surface area contributed by atoms with Gasteiger partial charge in [-0.05, 0) is 38.0 Å². The lowest BCUT2D eigenvalue weighted by Gasteiger charge is -2.11. The average Bonchev–Trinajstić information content (AvgIpc) is 2.81. The van der Waals surface area contributed by atoms with Crippen LogP contribution in [0, 0.1) is 6.92 Å². The standard InChI is InChI=1S/C16H22ClN3O4S/c1-5-24-13-7-6-12(10-14(13)23-4)8-9-18-25(21,22)15-11(2)19-20(3)16(15)17/h6-7,10,18H,5,8-9H2,1-4H3. The van der Waals surface area contributed by atoms with Gasteiger partial charge in [-0.15, -0.1) is 0 Å². The summed E-state index contributed by atoms with van der Waals surface area (Å²) in [6.45, 7) is 4.27. The molecule has 1 aromatic heterocycles. The molecule has 0 bridgehead atoms. The van der Waals surface area contributed by atoms with E-state index in [1.807, 2.05) is 25.1 Å². The summed E-state index contributed by atoms with van der Waals surface area (Å²) in [5, 5.41) is 4.12. The second-order valence-electron chi connectivity index (χ2n) is 5.39. The number of methoxy groups -OCH3 is 1. The molecule has 0 aliphatic carbocycles. The van der Waals surface area contributed by atoms with Gasteiger partial charge in [-0.1, -0.05) is 17.7 Å². The summed E-state index contributed by atoms with van der Waals surface area (Å²) in [6, 6.07) is 5.53. The molecule has 25 heavy (non-hydrogen) atoms. The number of aryl methyl sites for hydroxylation is 2. The van der Waals surface area contributed by atoms with Crippen molar-refractivity contribution in [2.45, 2.75) is 25.2 Å². The zero-order valence-corrected chi connectivity index (χ0v) is 16.2. The first-order chi connectivity index (χ1) is 11.8. The topological polar surface area (TPSA) is 82.5 Å². The Balaban J connectivity index is 2.07. The summed E-state index contributed by atoms with van der Waals surface area (Å²) in [7, 11) is -0.560. The van der Waals surface area contributed by atoms with E-state index in [9.17, 15) is 8.42 Å². The average molecular weight is 388 g/mol. The van der Waals surface area contributed by atoms with Crippen molar-refractivity contribution in [3.8, 4) is 11.5 Å². The SMILES string of the molecule is CCOc1ccc(CCNS(=O)(=O)c2c(C)nn(C)c2Cl)cc1OC. The van der Waals surface area contributed by atoms with Crippen molar-refractivity contribution in [2.24, 2.45) is 7.05 Å². The van der Waals surface area contributed by atoms with E-state index in [0.29, 0.717) is 30.2 Å². The second kappa shape index (κ2) is 8.07. The molecule has 2 rings (SSSR count). The van der Waals surface area contributed by atoms with Gasteiger partial charge in [0.1, 0.15) is 10.0 Å². The Morgan fingerprint density at radius 2 is 2.04 bits per heavy atom. The minimum Gasteiger partial charge on any atom is -0.493 e. The summed E-state index contributed by atoms with van der Waals surface area (Å²) in [4.78, 5) is 0.0148. The van der Waals surface area contributed by atoms with Gasteiger partial charge in [0.05, 0.1) is 19.4 Å². The molecular weight excluding hydrogens is 366 g/mol.